The summed E-state index contributed by atoms with van der Waals surface area (Å²) in [7, 11) is 0. The number of nitrogens with zero attached hydrogens (tertiary/aromatic N) is 4. The van der Waals surface area contributed by atoms with Gasteiger partial charge in [-0.25, -0.2) is 0 Å². The van der Waals surface area contributed by atoms with Gasteiger partial charge in [-0.2, -0.15) is 5.26 Å². The second-order valence-corrected chi connectivity index (χ2v) is 18.3. The minimum absolute atomic E-state index is 0.630. The first-order valence-electron chi connectivity index (χ1n) is 22.3. The molecule has 0 atom stereocenters. The van der Waals surface area contributed by atoms with Gasteiger partial charge in [-0.15, -0.1) is 11.3 Å². The number of rotatable bonds is 5. The molecule has 4 nitrogen and oxygen atoms in total. The molecule has 0 aliphatic carbocycles. The quantitative estimate of drug-likeness (QED) is 0.170. The minimum atomic E-state index is 0.630. The molecule has 4 heterocycles. The fourth-order valence-electron chi connectivity index (χ4n) is 10.8. The Morgan fingerprint density at radius 2 is 0.758 bits per heavy atom. The van der Waals surface area contributed by atoms with Crippen LogP contribution >= 0.6 is 11.3 Å². The zero-order valence-corrected chi connectivity index (χ0v) is 36.3. The topological polar surface area (TPSA) is 38.6 Å². The van der Waals surface area contributed by atoms with E-state index in [0.29, 0.717) is 5.56 Å². The van der Waals surface area contributed by atoms with Crippen LogP contribution in [0.15, 0.2) is 218 Å². The zero-order valence-electron chi connectivity index (χ0n) is 35.5. The molecule has 0 aliphatic rings. The van der Waals surface area contributed by atoms with Crippen LogP contribution in [0.2, 0.25) is 0 Å². The van der Waals surface area contributed by atoms with Crippen LogP contribution in [0.5, 0.6) is 0 Å². The predicted molar refractivity (Wildman–Crippen MR) is 278 cm³/mol. The fourth-order valence-corrected chi connectivity index (χ4v) is 11.9. The van der Waals surface area contributed by atoms with Gasteiger partial charge in [-0.3, -0.25) is 0 Å². The highest BCUT2D eigenvalue weighted by molar-refractivity contribution is 7.25. The largest absolute Gasteiger partial charge is 0.309 e. The minimum Gasteiger partial charge on any atom is -0.309 e. The van der Waals surface area contributed by atoms with Crippen LogP contribution in [-0.2, 0) is 0 Å². The lowest BCUT2D eigenvalue weighted by atomic mass is 9.96. The van der Waals surface area contributed by atoms with E-state index >= 15 is 0 Å². The summed E-state index contributed by atoms with van der Waals surface area (Å²) in [5, 5.41) is 21.0. The molecule has 14 aromatic rings. The van der Waals surface area contributed by atoms with Crippen molar-refractivity contribution in [1.29, 1.82) is 5.26 Å². The van der Waals surface area contributed by atoms with E-state index in [1.165, 1.54) is 52.8 Å². The molecule has 0 amide bonds. The van der Waals surface area contributed by atoms with E-state index in [0.717, 1.165) is 72.2 Å². The summed E-state index contributed by atoms with van der Waals surface area (Å²) in [4.78, 5) is 0. The van der Waals surface area contributed by atoms with Gasteiger partial charge < -0.3 is 13.7 Å². The fraction of sp³-hybridized carbons (Fsp3) is 0. The number of aromatic nitrogens is 3. The molecule has 0 saturated heterocycles. The third-order valence-electron chi connectivity index (χ3n) is 13.7. The van der Waals surface area contributed by atoms with Gasteiger partial charge in [0.2, 0.25) is 0 Å². The molecule has 66 heavy (non-hydrogen) atoms. The number of benzene rings is 10. The summed E-state index contributed by atoms with van der Waals surface area (Å²) in [6, 6.07) is 81.4. The predicted octanol–water partition coefficient (Wildman–Crippen LogP) is 16.6. The third-order valence-corrected chi connectivity index (χ3v) is 14.8. The lowest BCUT2D eigenvalue weighted by Gasteiger charge is -2.18. The third kappa shape index (κ3) is 5.31. The van der Waals surface area contributed by atoms with Crippen LogP contribution in [0.25, 0.3) is 125 Å². The van der Waals surface area contributed by atoms with Gasteiger partial charge in [-0.05, 0) is 108 Å². The molecule has 0 unspecified atom stereocenters. The number of nitriles is 1. The van der Waals surface area contributed by atoms with Gasteiger partial charge >= 0.3 is 0 Å². The van der Waals surface area contributed by atoms with Crippen LogP contribution in [0.3, 0.4) is 0 Å². The van der Waals surface area contributed by atoms with E-state index in [2.05, 4.69) is 238 Å². The van der Waals surface area contributed by atoms with Gasteiger partial charge in [0, 0.05) is 69.4 Å². The monoisotopic (exact) mass is 856 g/mol. The Kier molecular flexibility index (Phi) is 7.88. The van der Waals surface area contributed by atoms with E-state index in [1.54, 1.807) is 0 Å². The van der Waals surface area contributed by atoms with Crippen molar-refractivity contribution in [3.8, 4) is 45.4 Å². The van der Waals surface area contributed by atoms with Gasteiger partial charge in [0.15, 0.2) is 0 Å². The van der Waals surface area contributed by atoms with Crippen molar-refractivity contribution >= 4 is 96.9 Å². The Morgan fingerprint density at radius 3 is 1.36 bits per heavy atom. The Labute approximate surface area is 383 Å². The second-order valence-electron chi connectivity index (χ2n) is 17.2. The van der Waals surface area contributed by atoms with Crippen LogP contribution in [-0.4, -0.2) is 13.7 Å². The highest BCUT2D eigenvalue weighted by Crippen LogP contribution is 2.43. The first-order valence-corrected chi connectivity index (χ1v) is 23.1. The standard InChI is InChI=1S/C61H36N4S/c62-37-52-48(40-28-31-61-51(34-40)47-20-8-13-25-60(47)66-61)35-42(64-53-21-9-4-16-43(53)44-17-5-10-22-54(44)64)36-59(52)65-56-24-12-7-19-46(56)50-33-39(27-30-58(50)65)38-26-29-57-49(32-38)45-18-6-11-23-55(45)63(57)41-14-2-1-3-15-41/h1-36H. The van der Waals surface area contributed by atoms with Crippen molar-refractivity contribution < 1.29 is 0 Å². The number of thiophene rings is 1. The van der Waals surface area contributed by atoms with Crippen molar-refractivity contribution in [1.82, 2.24) is 13.7 Å². The Morgan fingerprint density at radius 1 is 0.318 bits per heavy atom. The van der Waals surface area contributed by atoms with Crippen LogP contribution in [0.1, 0.15) is 5.56 Å². The molecule has 0 spiro atoms. The molecule has 306 valence electrons. The molecule has 14 rings (SSSR count). The second kappa shape index (κ2) is 14.2. The highest BCUT2D eigenvalue weighted by Gasteiger charge is 2.23. The van der Waals surface area contributed by atoms with Crippen molar-refractivity contribution in [3.63, 3.8) is 0 Å². The van der Waals surface area contributed by atoms with E-state index in [1.807, 2.05) is 11.3 Å². The molecule has 0 bridgehead atoms. The number of hydrogen-bond donors (Lipinski definition) is 0. The molecule has 0 aliphatic heterocycles. The summed E-state index contributed by atoms with van der Waals surface area (Å²) in [5.41, 5.74) is 14.5. The molecular formula is C61H36N4S. The average molecular weight is 857 g/mol. The molecule has 0 saturated carbocycles. The Balaban J connectivity index is 1.02. The average Bonchev–Trinajstić information content (AvgIpc) is 4.12. The van der Waals surface area contributed by atoms with E-state index < -0.39 is 0 Å². The molecule has 0 fully saturated rings. The zero-order chi connectivity index (χ0) is 43.5. The van der Waals surface area contributed by atoms with E-state index in [4.69, 9.17) is 0 Å². The summed E-state index contributed by atoms with van der Waals surface area (Å²) in [5.74, 6) is 0. The van der Waals surface area contributed by atoms with Crippen LogP contribution in [0, 0.1) is 11.3 Å². The summed E-state index contributed by atoms with van der Waals surface area (Å²) >= 11 is 1.81. The maximum Gasteiger partial charge on any atom is 0.102 e. The number of fused-ring (bicyclic) bond motifs is 12. The highest BCUT2D eigenvalue weighted by atomic mass is 32.1. The first kappa shape index (κ1) is 36.8. The van der Waals surface area contributed by atoms with Gasteiger partial charge in [0.1, 0.15) is 6.07 Å². The van der Waals surface area contributed by atoms with Crippen LogP contribution < -0.4 is 0 Å². The number of hydrogen-bond acceptors (Lipinski definition) is 2. The van der Waals surface area contributed by atoms with E-state index in [-0.39, 0.29) is 0 Å². The van der Waals surface area contributed by atoms with Gasteiger partial charge in [-0.1, -0.05) is 127 Å². The lowest BCUT2D eigenvalue weighted by Crippen LogP contribution is -2.04. The summed E-state index contributed by atoms with van der Waals surface area (Å²) < 4.78 is 9.54. The molecule has 4 aromatic heterocycles. The smallest absolute Gasteiger partial charge is 0.102 e. The van der Waals surface area contributed by atoms with Gasteiger partial charge in [0.25, 0.3) is 0 Å². The van der Waals surface area contributed by atoms with Gasteiger partial charge in [0.05, 0.1) is 44.4 Å². The Hall–Kier alpha value is -8.69. The van der Waals surface area contributed by atoms with Crippen molar-refractivity contribution in [2.24, 2.45) is 0 Å². The molecule has 10 aromatic carbocycles. The van der Waals surface area contributed by atoms with E-state index in [9.17, 15) is 5.26 Å². The Bertz CT molecular complexity index is 4310. The van der Waals surface area contributed by atoms with Crippen LogP contribution in [0.4, 0.5) is 0 Å². The molecule has 0 radical (unpaired) electrons. The molecular weight excluding hydrogens is 821 g/mol. The number of para-hydroxylation sites is 5. The summed E-state index contributed by atoms with van der Waals surface area (Å²) in [6.45, 7) is 0. The maximum atomic E-state index is 11.5. The normalized spacial score (nSPS) is 11.9. The molecule has 5 heteroatoms. The van der Waals surface area contributed by atoms with Crippen molar-refractivity contribution in [2.75, 3.05) is 0 Å². The first-order chi connectivity index (χ1) is 32.7. The molecule has 0 N–H and O–H groups in total. The SMILES string of the molecule is N#Cc1c(-c2ccc3sc4ccccc4c3c2)cc(-n2c3ccccc3c3ccccc32)cc1-n1c2ccccc2c2cc(-c3ccc4c(c3)c3ccccc3n4-c3ccccc3)ccc21. The summed E-state index contributed by atoms with van der Waals surface area (Å²) in [6.07, 6.45) is 0. The maximum absolute atomic E-state index is 11.5. The van der Waals surface area contributed by atoms with Crippen molar-refractivity contribution in [3.05, 3.63) is 224 Å². The van der Waals surface area contributed by atoms with Crippen molar-refractivity contribution in [2.45, 2.75) is 0 Å². The lowest BCUT2D eigenvalue weighted by molar-refractivity contribution is 1.13.